The minimum atomic E-state index is -0.0782. The van der Waals surface area contributed by atoms with Gasteiger partial charge in [0.15, 0.2) is 5.76 Å². The molecule has 0 spiro atoms. The van der Waals surface area contributed by atoms with Gasteiger partial charge in [-0.2, -0.15) is 0 Å². The van der Waals surface area contributed by atoms with E-state index < -0.39 is 0 Å². The van der Waals surface area contributed by atoms with Crippen molar-refractivity contribution >= 4 is 17.3 Å². The average molecular weight is 286 g/mol. The lowest BCUT2D eigenvalue weighted by molar-refractivity contribution is 0.0714. The largest absolute Gasteiger partial charge is 0.399 e. The Morgan fingerprint density at radius 3 is 2.62 bits per heavy atom. The van der Waals surface area contributed by atoms with Crippen LogP contribution in [0.4, 0.5) is 11.4 Å². The predicted molar refractivity (Wildman–Crippen MR) is 79.5 cm³/mol. The van der Waals surface area contributed by atoms with E-state index in [-0.39, 0.29) is 11.9 Å². The van der Waals surface area contributed by atoms with Gasteiger partial charge < -0.3 is 20.9 Å². The van der Waals surface area contributed by atoms with Gasteiger partial charge in [-0.15, -0.1) is 0 Å². The van der Waals surface area contributed by atoms with Gasteiger partial charge >= 0.3 is 0 Å². The maximum absolute atomic E-state index is 12.7. The number of nitrogens with zero attached hydrogens (tertiary/aromatic N) is 2. The first kappa shape index (κ1) is 13.5. The van der Waals surface area contributed by atoms with Crippen LogP contribution < -0.4 is 11.5 Å². The first-order chi connectivity index (χ1) is 10.0. The first-order valence-electron chi connectivity index (χ1n) is 6.95. The summed E-state index contributed by atoms with van der Waals surface area (Å²) in [5.74, 6) is 0.653. The Hall–Kier alpha value is -2.50. The molecule has 1 atom stereocenters. The molecule has 1 amide bonds. The Labute approximate surface area is 122 Å². The van der Waals surface area contributed by atoms with Crippen LogP contribution in [-0.2, 0) is 0 Å². The molecule has 3 rings (SSSR count). The molecule has 0 radical (unpaired) electrons. The summed E-state index contributed by atoms with van der Waals surface area (Å²) in [7, 11) is 0. The molecule has 6 heteroatoms. The minimum Gasteiger partial charge on any atom is -0.399 e. The molecular weight excluding hydrogens is 268 g/mol. The molecule has 0 saturated carbocycles. The molecular formula is C15H18N4O2. The van der Waals surface area contributed by atoms with Gasteiger partial charge in [-0.1, -0.05) is 5.16 Å². The molecule has 2 heterocycles. The zero-order valence-electron chi connectivity index (χ0n) is 11.9. The summed E-state index contributed by atoms with van der Waals surface area (Å²) in [6.45, 7) is 2.56. The molecule has 0 aliphatic carbocycles. The lowest BCUT2D eigenvalue weighted by atomic mass is 10.1. The lowest BCUT2D eigenvalue weighted by Gasteiger charge is -2.23. The number of hydrogen-bond donors (Lipinski definition) is 2. The van der Waals surface area contributed by atoms with Gasteiger partial charge in [0.05, 0.1) is 11.7 Å². The normalized spacial score (nSPS) is 18.1. The number of nitrogen functional groups attached to an aromatic ring is 2. The monoisotopic (exact) mass is 286 g/mol. The van der Waals surface area contributed by atoms with Gasteiger partial charge in [0, 0.05) is 29.5 Å². The van der Waals surface area contributed by atoms with Crippen LogP contribution in [0, 0.1) is 6.92 Å². The van der Waals surface area contributed by atoms with E-state index >= 15 is 0 Å². The summed E-state index contributed by atoms with van der Waals surface area (Å²) >= 11 is 0. The van der Waals surface area contributed by atoms with E-state index in [1.807, 2.05) is 13.0 Å². The zero-order chi connectivity index (χ0) is 15.0. The fourth-order valence-electron chi connectivity index (χ4n) is 2.81. The summed E-state index contributed by atoms with van der Waals surface area (Å²) < 4.78 is 5.32. The smallest absolute Gasteiger partial charge is 0.254 e. The number of anilines is 2. The molecule has 1 saturated heterocycles. The third-order valence-corrected chi connectivity index (χ3v) is 3.71. The van der Waals surface area contributed by atoms with Gasteiger partial charge in [0.2, 0.25) is 0 Å². The van der Waals surface area contributed by atoms with E-state index in [1.165, 1.54) is 0 Å². The van der Waals surface area contributed by atoms with Crippen LogP contribution in [0.5, 0.6) is 0 Å². The summed E-state index contributed by atoms with van der Waals surface area (Å²) in [5, 5.41) is 3.90. The van der Waals surface area contributed by atoms with E-state index in [4.69, 9.17) is 16.0 Å². The molecule has 110 valence electrons. The topological polar surface area (TPSA) is 98.4 Å². The molecule has 1 aromatic heterocycles. The number of nitrogens with two attached hydrogens (primary N) is 2. The van der Waals surface area contributed by atoms with Crippen molar-refractivity contribution in [1.29, 1.82) is 0 Å². The van der Waals surface area contributed by atoms with Crippen molar-refractivity contribution in [1.82, 2.24) is 10.1 Å². The predicted octanol–water partition coefficient (Wildman–Crippen LogP) is 2.12. The molecule has 1 unspecified atom stereocenters. The van der Waals surface area contributed by atoms with Crippen molar-refractivity contribution in [2.45, 2.75) is 25.8 Å². The number of rotatable bonds is 2. The minimum absolute atomic E-state index is 0.0682. The van der Waals surface area contributed by atoms with Crippen molar-refractivity contribution < 1.29 is 9.32 Å². The van der Waals surface area contributed by atoms with Crippen LogP contribution in [0.1, 0.15) is 40.7 Å². The van der Waals surface area contributed by atoms with Crippen LogP contribution in [0.3, 0.4) is 0 Å². The second kappa shape index (κ2) is 5.12. The number of benzene rings is 1. The van der Waals surface area contributed by atoms with Gasteiger partial charge in [-0.25, -0.2) is 0 Å². The number of aryl methyl sites for hydroxylation is 1. The average Bonchev–Trinajstić information content (AvgIpc) is 3.04. The van der Waals surface area contributed by atoms with Crippen molar-refractivity contribution in [2.24, 2.45) is 0 Å². The van der Waals surface area contributed by atoms with Crippen LogP contribution in [0.15, 0.2) is 28.8 Å². The fraction of sp³-hybridized carbons (Fsp3) is 0.333. The number of likely N-dealkylation sites (tertiary alicyclic amines) is 1. The quantitative estimate of drug-likeness (QED) is 0.824. The summed E-state index contributed by atoms with van der Waals surface area (Å²) in [4.78, 5) is 14.5. The molecule has 6 nitrogen and oxygen atoms in total. The van der Waals surface area contributed by atoms with Crippen molar-refractivity contribution in [2.75, 3.05) is 18.0 Å². The Bertz CT molecular complexity index is 660. The molecule has 21 heavy (non-hydrogen) atoms. The number of amides is 1. The van der Waals surface area contributed by atoms with Crippen molar-refractivity contribution in [3.05, 3.63) is 41.3 Å². The van der Waals surface area contributed by atoms with Gasteiger partial charge in [0.25, 0.3) is 5.91 Å². The van der Waals surface area contributed by atoms with Crippen LogP contribution in [0.2, 0.25) is 0 Å². The Balaban J connectivity index is 1.89. The highest BCUT2D eigenvalue weighted by Gasteiger charge is 2.33. The van der Waals surface area contributed by atoms with E-state index in [0.29, 0.717) is 23.5 Å². The standard InChI is InChI=1S/C15H18N4O2/c1-9-5-14(21-18-9)13-3-2-4-19(13)15(20)10-6-11(16)8-12(17)7-10/h5-8,13H,2-4,16-17H2,1H3. The van der Waals surface area contributed by atoms with Gasteiger partial charge in [-0.05, 0) is 38.0 Å². The van der Waals surface area contributed by atoms with E-state index in [9.17, 15) is 4.79 Å². The van der Waals surface area contributed by atoms with Crippen LogP contribution in [-0.4, -0.2) is 22.5 Å². The fourth-order valence-corrected chi connectivity index (χ4v) is 2.81. The van der Waals surface area contributed by atoms with Crippen molar-refractivity contribution in [3.63, 3.8) is 0 Å². The second-order valence-electron chi connectivity index (χ2n) is 5.42. The molecule has 1 fully saturated rings. The number of carbonyl (C=O) groups is 1. The van der Waals surface area contributed by atoms with Crippen LogP contribution in [0.25, 0.3) is 0 Å². The van der Waals surface area contributed by atoms with Crippen LogP contribution >= 0.6 is 0 Å². The molecule has 1 aliphatic rings. The Kier molecular flexibility index (Phi) is 3.29. The third-order valence-electron chi connectivity index (χ3n) is 3.71. The summed E-state index contributed by atoms with van der Waals surface area (Å²) in [6.07, 6.45) is 1.81. The number of aromatic nitrogens is 1. The third kappa shape index (κ3) is 2.56. The highest BCUT2D eigenvalue weighted by Crippen LogP contribution is 2.33. The summed E-state index contributed by atoms with van der Waals surface area (Å²) in [6, 6.07) is 6.75. The SMILES string of the molecule is Cc1cc(C2CCCN2C(=O)c2cc(N)cc(N)c2)on1. The zero-order valence-corrected chi connectivity index (χ0v) is 11.9. The van der Waals surface area contributed by atoms with E-state index in [1.54, 1.807) is 23.1 Å². The second-order valence-corrected chi connectivity index (χ2v) is 5.42. The molecule has 4 N–H and O–H groups in total. The Morgan fingerprint density at radius 2 is 2.00 bits per heavy atom. The molecule has 1 aliphatic heterocycles. The molecule has 2 aromatic rings. The van der Waals surface area contributed by atoms with Gasteiger partial charge in [-0.3, -0.25) is 4.79 Å². The first-order valence-corrected chi connectivity index (χ1v) is 6.95. The molecule has 1 aromatic carbocycles. The van der Waals surface area contributed by atoms with E-state index in [0.717, 1.165) is 24.3 Å². The Morgan fingerprint density at radius 1 is 1.29 bits per heavy atom. The highest BCUT2D eigenvalue weighted by molar-refractivity contribution is 5.96. The number of hydrogen-bond acceptors (Lipinski definition) is 5. The number of carbonyl (C=O) groups excluding carboxylic acids is 1. The summed E-state index contributed by atoms with van der Waals surface area (Å²) in [5.41, 5.74) is 13.8. The highest BCUT2D eigenvalue weighted by atomic mass is 16.5. The van der Waals surface area contributed by atoms with Crippen molar-refractivity contribution in [3.8, 4) is 0 Å². The van der Waals surface area contributed by atoms with E-state index in [2.05, 4.69) is 5.16 Å². The molecule has 0 bridgehead atoms. The maximum atomic E-state index is 12.7. The van der Waals surface area contributed by atoms with Gasteiger partial charge in [0.1, 0.15) is 0 Å². The maximum Gasteiger partial charge on any atom is 0.254 e. The lowest BCUT2D eigenvalue weighted by Crippen LogP contribution is -2.30.